The molecule has 0 aromatic heterocycles. The average molecular weight is 700 g/mol. The minimum absolute atomic E-state index is 0. The quantitative estimate of drug-likeness (QED) is 0.270. The standard InChI is InChI=1S/C5H6.2C2H6.CH3.I3.2Y/c1-2-4-5-3-1;2*1-2;;1-3-2;;/h1-4H,5H2;2*1-2H3;1H3;;;/q;;;2*-1;;. The van der Waals surface area contributed by atoms with E-state index in [1.165, 1.54) is 0 Å². The van der Waals surface area contributed by atoms with Crippen molar-refractivity contribution in [2.24, 2.45) is 0 Å². The number of allylic oxidation sites excluding steroid dienone is 4. The van der Waals surface area contributed by atoms with Crippen LogP contribution in [0.4, 0.5) is 0 Å². The summed E-state index contributed by atoms with van der Waals surface area (Å²) in [5, 5.41) is 0. The molecule has 1 aliphatic rings. The van der Waals surface area contributed by atoms with Gasteiger partial charge in [0.2, 0.25) is 0 Å². The molecule has 0 spiro atoms. The molecular weight excluding hydrogens is 679 g/mol. The summed E-state index contributed by atoms with van der Waals surface area (Å²) in [6, 6.07) is 0. The van der Waals surface area contributed by atoms with E-state index in [2.05, 4.69) is 61.5 Å². The van der Waals surface area contributed by atoms with E-state index in [1.54, 1.807) is 0 Å². The summed E-state index contributed by atoms with van der Waals surface area (Å²) < 4.78 is 0. The van der Waals surface area contributed by atoms with E-state index < -0.39 is 0 Å². The maximum absolute atomic E-state index is 2.39. The van der Waals surface area contributed by atoms with Gasteiger partial charge in [0.1, 0.15) is 0 Å². The Morgan fingerprint density at radius 3 is 1.13 bits per heavy atom. The normalized spacial score (nSPS) is 8.13. The first-order chi connectivity index (χ1) is 5.91. The van der Waals surface area contributed by atoms with Crippen LogP contribution < -0.4 is 13.3 Å². The smallest absolute Gasteiger partial charge is 0 e. The first kappa shape index (κ1) is 36.4. The third-order valence-electron chi connectivity index (χ3n) is 0.655. The van der Waals surface area contributed by atoms with Gasteiger partial charge in [-0.2, -0.15) is 0 Å². The molecule has 0 saturated carbocycles. The molecule has 1 aliphatic carbocycles. The number of rotatable bonds is 0. The Hall–Kier alpha value is 3.88. The molecule has 0 fully saturated rings. The molecule has 90 valence electrons. The molecule has 15 heavy (non-hydrogen) atoms. The van der Waals surface area contributed by atoms with E-state index in [0.717, 1.165) is 6.42 Å². The van der Waals surface area contributed by atoms with Crippen LogP contribution in [0.5, 0.6) is 0 Å². The summed E-state index contributed by atoms with van der Waals surface area (Å²) in [5.74, 6) is 0. The molecule has 0 unspecified atom stereocenters. The Balaban J connectivity index is -0.0000000185. The summed E-state index contributed by atoms with van der Waals surface area (Å²) in [6.07, 6.45) is 9.50. The van der Waals surface area contributed by atoms with Gasteiger partial charge in [0.05, 0.1) is 0 Å². The van der Waals surface area contributed by atoms with E-state index in [4.69, 9.17) is 0 Å². The number of hydrogen-bond donors (Lipinski definition) is 0. The van der Waals surface area contributed by atoms with E-state index in [-0.39, 0.29) is 72.8 Å². The number of hydrogen-bond acceptors (Lipinski definition) is 0. The van der Waals surface area contributed by atoms with Gasteiger partial charge >= 0.3 is 50.5 Å². The van der Waals surface area contributed by atoms with Gasteiger partial charge < -0.3 is 7.43 Å². The Bertz CT molecular complexity index is 86.7. The van der Waals surface area contributed by atoms with Crippen molar-refractivity contribution in [3.8, 4) is 0 Å². The van der Waals surface area contributed by atoms with Gasteiger partial charge in [0.15, 0.2) is 0 Å². The van der Waals surface area contributed by atoms with Gasteiger partial charge in [-0.15, -0.1) is 0 Å². The minimum atomic E-state index is 0. The summed E-state index contributed by atoms with van der Waals surface area (Å²) in [7, 11) is 0. The average Bonchev–Trinajstić information content (AvgIpc) is 2.69. The van der Waals surface area contributed by atoms with Gasteiger partial charge in [-0.25, -0.2) is 0 Å². The molecule has 0 aliphatic heterocycles. The van der Waals surface area contributed by atoms with Gasteiger partial charge in [-0.05, 0) is 6.42 Å². The molecule has 0 saturated heterocycles. The maximum atomic E-state index is 2.39. The topological polar surface area (TPSA) is 0 Å². The van der Waals surface area contributed by atoms with Crippen molar-refractivity contribution in [3.63, 3.8) is 0 Å². The Morgan fingerprint density at radius 1 is 0.867 bits per heavy atom. The molecular formula is C10H21I3Y2-2. The van der Waals surface area contributed by atoms with Crippen molar-refractivity contribution in [3.05, 3.63) is 31.7 Å². The Labute approximate surface area is 177 Å². The van der Waals surface area contributed by atoms with Gasteiger partial charge in [-0.3, -0.25) is 0 Å². The van der Waals surface area contributed by atoms with Crippen molar-refractivity contribution in [1.82, 2.24) is 0 Å². The van der Waals surface area contributed by atoms with Crippen LogP contribution in [-0.2, 0) is 65.4 Å². The summed E-state index contributed by atoms with van der Waals surface area (Å²) in [4.78, 5) is 0. The van der Waals surface area contributed by atoms with Crippen LogP contribution in [0, 0.1) is 7.43 Å². The SMILES string of the molecule is C1=CCC=C1.CC.CC.I[I-]I.[CH3-].[Y].[Y]. The molecule has 0 heterocycles. The molecule has 0 bridgehead atoms. The molecule has 0 aromatic rings. The third kappa shape index (κ3) is 57.2. The predicted molar refractivity (Wildman–Crippen MR) is 80.0 cm³/mol. The van der Waals surface area contributed by atoms with Crippen LogP contribution in [0.25, 0.3) is 0 Å². The summed E-state index contributed by atoms with van der Waals surface area (Å²) in [6.45, 7) is 8.00. The van der Waals surface area contributed by atoms with E-state index in [0.29, 0.717) is 13.3 Å². The zero-order chi connectivity index (χ0) is 10.2. The predicted octanol–water partition coefficient (Wildman–Crippen LogP) is 2.78. The second-order valence-electron chi connectivity index (χ2n) is 1.15. The zero-order valence-electron chi connectivity index (χ0n) is 10.3. The van der Waals surface area contributed by atoms with Crippen molar-refractivity contribution in [2.75, 3.05) is 0 Å². The summed E-state index contributed by atoms with van der Waals surface area (Å²) >= 11 is 5.30. The molecule has 0 aromatic carbocycles. The molecule has 0 nitrogen and oxygen atoms in total. The van der Waals surface area contributed by atoms with Crippen LogP contribution in [0.2, 0.25) is 0 Å². The zero-order valence-corrected chi connectivity index (χ0v) is 22.5. The van der Waals surface area contributed by atoms with Crippen LogP contribution in [0.15, 0.2) is 24.3 Å². The number of halogens is 3. The van der Waals surface area contributed by atoms with Crippen molar-refractivity contribution >= 4 is 37.2 Å². The second kappa shape index (κ2) is 52.2. The van der Waals surface area contributed by atoms with E-state index in [1.807, 2.05) is 27.7 Å². The van der Waals surface area contributed by atoms with Crippen molar-refractivity contribution < 1.29 is 78.7 Å². The Morgan fingerprint density at radius 2 is 1.07 bits per heavy atom. The molecule has 0 atom stereocenters. The van der Waals surface area contributed by atoms with Crippen molar-refractivity contribution in [1.29, 1.82) is 0 Å². The second-order valence-corrected chi connectivity index (χ2v) is 17.4. The Kier molecular flexibility index (Phi) is 127. The van der Waals surface area contributed by atoms with Crippen LogP contribution in [0.1, 0.15) is 34.1 Å². The first-order valence-corrected chi connectivity index (χ1v) is 16.7. The van der Waals surface area contributed by atoms with Gasteiger partial charge in [0.25, 0.3) is 0 Å². The van der Waals surface area contributed by atoms with Crippen LogP contribution >= 0.6 is 37.2 Å². The minimum Gasteiger partial charge on any atom is -0.358 e. The van der Waals surface area contributed by atoms with E-state index in [9.17, 15) is 0 Å². The third-order valence-corrected chi connectivity index (χ3v) is 0.655. The van der Waals surface area contributed by atoms with Crippen LogP contribution in [-0.4, -0.2) is 0 Å². The molecule has 5 heteroatoms. The van der Waals surface area contributed by atoms with Gasteiger partial charge in [0, 0.05) is 65.4 Å². The molecule has 0 N–H and O–H groups in total. The van der Waals surface area contributed by atoms with Crippen LogP contribution in [0.3, 0.4) is 0 Å². The molecule has 1 rings (SSSR count). The maximum Gasteiger partial charge on any atom is 0 e. The first-order valence-electron chi connectivity index (χ1n) is 4.10. The monoisotopic (exact) mass is 700 g/mol. The van der Waals surface area contributed by atoms with Gasteiger partial charge in [-0.1, -0.05) is 52.0 Å². The summed E-state index contributed by atoms with van der Waals surface area (Å²) in [5.41, 5.74) is 0. The molecule has 0 amide bonds. The van der Waals surface area contributed by atoms with Crippen molar-refractivity contribution in [2.45, 2.75) is 34.1 Å². The van der Waals surface area contributed by atoms with E-state index >= 15 is 0 Å². The largest absolute Gasteiger partial charge is 0.358 e. The fourth-order valence-electron chi connectivity index (χ4n) is 0.393. The fraction of sp³-hybridized carbons (Fsp3) is 0.500. The fourth-order valence-corrected chi connectivity index (χ4v) is 0.393. The molecule has 2 radical (unpaired) electrons.